The van der Waals surface area contributed by atoms with Crippen molar-refractivity contribution < 1.29 is 4.92 Å². The van der Waals surface area contributed by atoms with E-state index in [2.05, 4.69) is 27.5 Å². The summed E-state index contributed by atoms with van der Waals surface area (Å²) in [7, 11) is 0. The van der Waals surface area contributed by atoms with Gasteiger partial charge in [0.1, 0.15) is 6.33 Å². The molecular weight excluding hydrogens is 270 g/mol. The molecule has 0 radical (unpaired) electrons. The van der Waals surface area contributed by atoms with E-state index in [0.717, 1.165) is 31.6 Å². The molecule has 0 saturated heterocycles. The summed E-state index contributed by atoms with van der Waals surface area (Å²) in [4.78, 5) is 19.0. The van der Waals surface area contributed by atoms with Gasteiger partial charge in [0, 0.05) is 12.6 Å². The van der Waals surface area contributed by atoms with Crippen molar-refractivity contribution in [1.82, 2.24) is 9.97 Å². The van der Waals surface area contributed by atoms with Gasteiger partial charge in [-0.3, -0.25) is 10.1 Å². The van der Waals surface area contributed by atoms with Crippen LogP contribution in [0, 0.1) is 16.0 Å². The summed E-state index contributed by atoms with van der Waals surface area (Å²) >= 11 is 0. The SMILES string of the molecule is CCNc1ncnc(NC2CCCC(C)CC2)c1[N+](=O)[O-]. The lowest BCUT2D eigenvalue weighted by Crippen LogP contribution is -2.20. The Labute approximate surface area is 124 Å². The molecule has 0 aliphatic heterocycles. The van der Waals surface area contributed by atoms with Crippen LogP contribution in [0.3, 0.4) is 0 Å². The van der Waals surface area contributed by atoms with Crippen molar-refractivity contribution in [2.75, 3.05) is 17.2 Å². The fourth-order valence-electron chi connectivity index (χ4n) is 2.78. The van der Waals surface area contributed by atoms with E-state index in [1.807, 2.05) is 6.92 Å². The first-order valence-electron chi connectivity index (χ1n) is 7.61. The molecule has 0 spiro atoms. The van der Waals surface area contributed by atoms with Crippen LogP contribution in [0.1, 0.15) is 46.0 Å². The Balaban J connectivity index is 2.18. The monoisotopic (exact) mass is 293 g/mol. The maximum absolute atomic E-state index is 11.3. The number of rotatable bonds is 5. The third kappa shape index (κ3) is 4.03. The number of nitro groups is 1. The molecule has 1 heterocycles. The largest absolute Gasteiger partial charge is 0.364 e. The molecule has 2 N–H and O–H groups in total. The smallest absolute Gasteiger partial charge is 0.353 e. The van der Waals surface area contributed by atoms with Gasteiger partial charge in [0.05, 0.1) is 4.92 Å². The first-order valence-corrected chi connectivity index (χ1v) is 7.61. The molecule has 1 saturated carbocycles. The zero-order valence-electron chi connectivity index (χ0n) is 12.6. The Kier molecular flexibility index (Phi) is 5.30. The van der Waals surface area contributed by atoms with Gasteiger partial charge in [-0.15, -0.1) is 0 Å². The van der Waals surface area contributed by atoms with E-state index in [-0.39, 0.29) is 17.5 Å². The average Bonchev–Trinajstić information content (AvgIpc) is 2.64. The summed E-state index contributed by atoms with van der Waals surface area (Å²) in [6, 6.07) is 0.248. The first-order chi connectivity index (χ1) is 10.1. The van der Waals surface area contributed by atoms with E-state index >= 15 is 0 Å². The van der Waals surface area contributed by atoms with Gasteiger partial charge in [0.2, 0.25) is 11.6 Å². The van der Waals surface area contributed by atoms with Gasteiger partial charge in [-0.05, 0) is 32.1 Å². The first kappa shape index (κ1) is 15.5. The van der Waals surface area contributed by atoms with Crippen LogP contribution in [0.15, 0.2) is 6.33 Å². The van der Waals surface area contributed by atoms with E-state index in [4.69, 9.17) is 0 Å². The highest BCUT2D eigenvalue weighted by Crippen LogP contribution is 2.31. The summed E-state index contributed by atoms with van der Waals surface area (Å²) in [5.74, 6) is 1.34. The van der Waals surface area contributed by atoms with Crippen LogP contribution in [0.25, 0.3) is 0 Å². The van der Waals surface area contributed by atoms with Crippen LogP contribution in [0.2, 0.25) is 0 Å². The van der Waals surface area contributed by atoms with Gasteiger partial charge in [0.25, 0.3) is 0 Å². The molecule has 116 valence electrons. The van der Waals surface area contributed by atoms with E-state index in [9.17, 15) is 10.1 Å². The highest BCUT2D eigenvalue weighted by molar-refractivity contribution is 5.69. The Morgan fingerprint density at radius 2 is 2.05 bits per heavy atom. The van der Waals surface area contributed by atoms with E-state index in [1.165, 1.54) is 12.7 Å². The zero-order valence-corrected chi connectivity index (χ0v) is 12.6. The Hall–Kier alpha value is -1.92. The molecule has 7 nitrogen and oxygen atoms in total. The number of anilines is 2. The van der Waals surface area contributed by atoms with Crippen molar-refractivity contribution >= 4 is 17.3 Å². The number of nitrogens with one attached hydrogen (secondary N) is 2. The van der Waals surface area contributed by atoms with Crippen molar-refractivity contribution in [1.29, 1.82) is 0 Å². The summed E-state index contributed by atoms with van der Waals surface area (Å²) in [5, 5.41) is 17.5. The molecule has 7 heteroatoms. The Morgan fingerprint density at radius 1 is 1.29 bits per heavy atom. The van der Waals surface area contributed by atoms with Crippen LogP contribution in [-0.2, 0) is 0 Å². The molecule has 2 atom stereocenters. The van der Waals surface area contributed by atoms with Crippen LogP contribution in [0.4, 0.5) is 17.3 Å². The second kappa shape index (κ2) is 7.19. The molecule has 1 fully saturated rings. The van der Waals surface area contributed by atoms with Crippen molar-refractivity contribution in [3.8, 4) is 0 Å². The third-order valence-corrected chi connectivity index (χ3v) is 3.95. The van der Waals surface area contributed by atoms with Gasteiger partial charge in [-0.25, -0.2) is 9.97 Å². The fourth-order valence-corrected chi connectivity index (χ4v) is 2.78. The van der Waals surface area contributed by atoms with Crippen molar-refractivity contribution in [3.63, 3.8) is 0 Å². The molecule has 0 aromatic carbocycles. The van der Waals surface area contributed by atoms with Gasteiger partial charge < -0.3 is 10.6 Å². The third-order valence-electron chi connectivity index (χ3n) is 3.95. The summed E-state index contributed by atoms with van der Waals surface area (Å²) < 4.78 is 0. The predicted molar refractivity (Wildman–Crippen MR) is 82.5 cm³/mol. The van der Waals surface area contributed by atoms with Crippen molar-refractivity contribution in [2.45, 2.75) is 52.0 Å². The van der Waals surface area contributed by atoms with E-state index in [0.29, 0.717) is 12.4 Å². The lowest BCUT2D eigenvalue weighted by atomic mass is 10.0. The molecular formula is C14H23N5O2. The van der Waals surface area contributed by atoms with Crippen molar-refractivity contribution in [3.05, 3.63) is 16.4 Å². The maximum atomic E-state index is 11.3. The molecule has 2 unspecified atom stereocenters. The lowest BCUT2D eigenvalue weighted by molar-refractivity contribution is -0.383. The highest BCUT2D eigenvalue weighted by Gasteiger charge is 2.25. The topological polar surface area (TPSA) is 93.0 Å². The standard InChI is InChI=1S/C14H23N5O2/c1-3-15-13-12(19(20)21)14(17-9-16-13)18-11-6-4-5-10(2)7-8-11/h9-11H,3-8H2,1-2H3,(H2,15,16,17,18). The molecule has 0 amide bonds. The van der Waals surface area contributed by atoms with Gasteiger partial charge >= 0.3 is 5.69 Å². The van der Waals surface area contributed by atoms with Gasteiger partial charge in [-0.1, -0.05) is 19.8 Å². The highest BCUT2D eigenvalue weighted by atomic mass is 16.6. The predicted octanol–water partition coefficient (Wildman–Crippen LogP) is 3.20. The molecule has 1 aliphatic carbocycles. The molecule has 21 heavy (non-hydrogen) atoms. The molecule has 1 aromatic rings. The fraction of sp³-hybridized carbons (Fsp3) is 0.714. The Morgan fingerprint density at radius 3 is 2.76 bits per heavy atom. The quantitative estimate of drug-likeness (QED) is 0.492. The van der Waals surface area contributed by atoms with Gasteiger partial charge in [-0.2, -0.15) is 0 Å². The van der Waals surface area contributed by atoms with E-state index < -0.39 is 4.92 Å². The second-order valence-corrected chi connectivity index (χ2v) is 5.66. The molecule has 0 bridgehead atoms. The normalized spacial score (nSPS) is 22.4. The maximum Gasteiger partial charge on any atom is 0.353 e. The minimum Gasteiger partial charge on any atom is -0.364 e. The van der Waals surface area contributed by atoms with Crippen LogP contribution >= 0.6 is 0 Å². The number of hydrogen-bond acceptors (Lipinski definition) is 6. The molecule has 1 aromatic heterocycles. The van der Waals surface area contributed by atoms with Crippen molar-refractivity contribution in [2.24, 2.45) is 5.92 Å². The lowest BCUT2D eigenvalue weighted by Gasteiger charge is -2.17. The number of hydrogen-bond donors (Lipinski definition) is 2. The zero-order chi connectivity index (χ0) is 15.2. The van der Waals surface area contributed by atoms with E-state index in [1.54, 1.807) is 0 Å². The molecule has 1 aliphatic rings. The molecule has 2 rings (SSSR count). The van der Waals surface area contributed by atoms with Crippen LogP contribution < -0.4 is 10.6 Å². The summed E-state index contributed by atoms with van der Waals surface area (Å²) in [5.41, 5.74) is -0.0587. The minimum absolute atomic E-state index is 0.0587. The minimum atomic E-state index is -0.417. The number of aromatic nitrogens is 2. The van der Waals surface area contributed by atoms with Crippen LogP contribution in [0.5, 0.6) is 0 Å². The van der Waals surface area contributed by atoms with Crippen LogP contribution in [-0.4, -0.2) is 27.5 Å². The number of nitrogens with zero attached hydrogens (tertiary/aromatic N) is 3. The second-order valence-electron chi connectivity index (χ2n) is 5.66. The summed E-state index contributed by atoms with van der Waals surface area (Å²) in [6.45, 7) is 4.72. The average molecular weight is 293 g/mol. The van der Waals surface area contributed by atoms with Gasteiger partial charge in [0.15, 0.2) is 0 Å². The Bertz CT molecular complexity index is 494. The summed E-state index contributed by atoms with van der Waals surface area (Å²) in [6.07, 6.45) is 6.95.